The number of nitrogens with zero attached hydrogens (tertiary/aromatic N) is 3. The molecule has 3 rings (SSSR count). The average molecular weight is 291 g/mol. The molecule has 6 heteroatoms. The number of hydrogen-bond acceptors (Lipinski definition) is 6. The zero-order valence-corrected chi connectivity index (χ0v) is 13.0. The number of rotatable bonds is 2. The number of hydrogen-bond donors (Lipinski definition) is 2. The van der Waals surface area contributed by atoms with Crippen LogP contribution in [0.5, 0.6) is 0 Å². The lowest BCUT2D eigenvalue weighted by Crippen LogP contribution is -2.42. The normalized spacial score (nSPS) is 24.1. The summed E-state index contributed by atoms with van der Waals surface area (Å²) in [6, 6.07) is 3.19. The van der Waals surface area contributed by atoms with E-state index in [4.69, 9.17) is 5.73 Å². The number of nitrogens with two attached hydrogens (primary N) is 1. The third kappa shape index (κ3) is 2.58. The number of nitrogens with one attached hydrogen (secondary N) is 1. The van der Waals surface area contributed by atoms with Gasteiger partial charge < -0.3 is 16.0 Å². The molecule has 0 radical (unpaired) electrons. The first-order chi connectivity index (χ1) is 9.52. The van der Waals surface area contributed by atoms with Crippen LogP contribution in [0.1, 0.15) is 24.6 Å². The van der Waals surface area contributed by atoms with Gasteiger partial charge in [-0.1, -0.05) is 0 Å². The van der Waals surface area contributed by atoms with Gasteiger partial charge in [0.1, 0.15) is 10.6 Å². The van der Waals surface area contributed by atoms with E-state index < -0.39 is 0 Å². The fourth-order valence-electron chi connectivity index (χ4n) is 2.78. The van der Waals surface area contributed by atoms with Gasteiger partial charge in [0.05, 0.1) is 5.39 Å². The van der Waals surface area contributed by atoms with Gasteiger partial charge in [-0.05, 0) is 39.8 Å². The lowest BCUT2D eigenvalue weighted by molar-refractivity contribution is 0.190. The molecule has 1 fully saturated rings. The quantitative estimate of drug-likeness (QED) is 0.890. The summed E-state index contributed by atoms with van der Waals surface area (Å²) in [7, 11) is 2.18. The number of piperidine rings is 1. The van der Waals surface area contributed by atoms with Crippen LogP contribution in [-0.2, 0) is 0 Å². The summed E-state index contributed by atoms with van der Waals surface area (Å²) in [5, 5.41) is 4.67. The van der Waals surface area contributed by atoms with Crippen LogP contribution in [-0.4, -0.2) is 40.5 Å². The zero-order chi connectivity index (χ0) is 14.3. The highest BCUT2D eigenvalue weighted by Crippen LogP contribution is 2.30. The second kappa shape index (κ2) is 5.18. The van der Waals surface area contributed by atoms with Gasteiger partial charge in [-0.25, -0.2) is 4.98 Å². The molecule has 2 atom stereocenters. The molecule has 0 aromatic carbocycles. The first-order valence-corrected chi connectivity index (χ1v) is 7.85. The predicted molar refractivity (Wildman–Crippen MR) is 85.3 cm³/mol. The lowest BCUT2D eigenvalue weighted by Gasteiger charge is -2.35. The Morgan fingerprint density at radius 1 is 1.45 bits per heavy atom. The van der Waals surface area contributed by atoms with Gasteiger partial charge in [-0.15, -0.1) is 11.3 Å². The summed E-state index contributed by atoms with van der Waals surface area (Å²) >= 11 is 1.66. The van der Waals surface area contributed by atoms with E-state index >= 15 is 0 Å². The van der Waals surface area contributed by atoms with Crippen molar-refractivity contribution in [1.82, 2.24) is 14.9 Å². The number of likely N-dealkylation sites (tertiary alicyclic amines) is 1. The van der Waals surface area contributed by atoms with Crippen molar-refractivity contribution in [1.29, 1.82) is 0 Å². The third-order valence-corrected chi connectivity index (χ3v) is 5.03. The van der Waals surface area contributed by atoms with Gasteiger partial charge in [-0.3, -0.25) is 0 Å². The van der Waals surface area contributed by atoms with Gasteiger partial charge in [-0.2, -0.15) is 4.98 Å². The Labute approximate surface area is 123 Å². The number of aromatic nitrogens is 2. The number of aryl methyl sites for hydroxylation is 1. The van der Waals surface area contributed by atoms with Crippen LogP contribution in [0.2, 0.25) is 0 Å². The molecule has 0 saturated carbocycles. The van der Waals surface area contributed by atoms with Crippen molar-refractivity contribution in [3.8, 4) is 0 Å². The van der Waals surface area contributed by atoms with Crippen molar-refractivity contribution in [3.05, 3.63) is 10.9 Å². The Bertz CT molecular complexity index is 623. The van der Waals surface area contributed by atoms with E-state index in [1.807, 2.05) is 0 Å². The minimum atomic E-state index is 0.350. The van der Waals surface area contributed by atoms with Crippen molar-refractivity contribution in [2.75, 3.05) is 24.6 Å². The van der Waals surface area contributed by atoms with Crippen molar-refractivity contribution in [2.24, 2.45) is 0 Å². The third-order valence-electron chi connectivity index (χ3n) is 4.08. The van der Waals surface area contributed by atoms with Crippen LogP contribution in [0.15, 0.2) is 6.07 Å². The van der Waals surface area contributed by atoms with Crippen LogP contribution in [0, 0.1) is 6.92 Å². The molecule has 2 aromatic heterocycles. The molecule has 3 N–H and O–H groups in total. The maximum Gasteiger partial charge on any atom is 0.223 e. The number of nitrogen functional groups attached to an aromatic ring is 1. The molecule has 108 valence electrons. The highest BCUT2D eigenvalue weighted by atomic mass is 32.1. The van der Waals surface area contributed by atoms with Crippen LogP contribution in [0.4, 0.5) is 11.8 Å². The molecule has 0 bridgehead atoms. The number of fused-ring (bicyclic) bond motifs is 1. The van der Waals surface area contributed by atoms with Gasteiger partial charge in [0.2, 0.25) is 5.95 Å². The van der Waals surface area contributed by atoms with Crippen molar-refractivity contribution >= 4 is 33.3 Å². The van der Waals surface area contributed by atoms with E-state index in [0.29, 0.717) is 18.0 Å². The molecule has 2 aromatic rings. The molecule has 20 heavy (non-hydrogen) atoms. The maximum atomic E-state index is 5.82. The van der Waals surface area contributed by atoms with Gasteiger partial charge in [0.15, 0.2) is 0 Å². The van der Waals surface area contributed by atoms with Crippen LogP contribution in [0.3, 0.4) is 0 Å². The smallest absolute Gasteiger partial charge is 0.223 e. The summed E-state index contributed by atoms with van der Waals surface area (Å²) in [5.41, 5.74) is 5.82. The molecule has 0 amide bonds. The SMILES string of the molecule is Cc1cc2c(NC3CCN(C)C(C)C3)nc(N)nc2s1. The summed E-state index contributed by atoms with van der Waals surface area (Å²) < 4.78 is 0. The minimum Gasteiger partial charge on any atom is -0.368 e. The summed E-state index contributed by atoms with van der Waals surface area (Å²) in [6.07, 6.45) is 2.26. The summed E-state index contributed by atoms with van der Waals surface area (Å²) in [6.45, 7) is 5.47. The van der Waals surface area contributed by atoms with Crippen LogP contribution < -0.4 is 11.1 Å². The van der Waals surface area contributed by atoms with Gasteiger partial charge in [0, 0.05) is 23.5 Å². The summed E-state index contributed by atoms with van der Waals surface area (Å²) in [4.78, 5) is 13.3. The standard InChI is InChI=1S/C14H21N5S/c1-8-6-10(4-5-19(8)3)16-12-11-7-9(2)20-13(11)18-14(15)17-12/h7-8,10H,4-6H2,1-3H3,(H3,15,16,17,18). The largest absolute Gasteiger partial charge is 0.368 e. The monoisotopic (exact) mass is 291 g/mol. The zero-order valence-electron chi connectivity index (χ0n) is 12.2. The van der Waals surface area contributed by atoms with E-state index in [0.717, 1.165) is 35.4 Å². The molecule has 2 unspecified atom stereocenters. The second-order valence-corrected chi connectivity index (χ2v) is 6.94. The first kappa shape index (κ1) is 13.6. The summed E-state index contributed by atoms with van der Waals surface area (Å²) in [5.74, 6) is 1.24. The van der Waals surface area contributed by atoms with Gasteiger partial charge >= 0.3 is 0 Å². The van der Waals surface area contributed by atoms with Crippen LogP contribution >= 0.6 is 11.3 Å². The molecule has 0 spiro atoms. The van der Waals surface area contributed by atoms with E-state index in [2.05, 4.69) is 47.1 Å². The fourth-order valence-corrected chi connectivity index (χ4v) is 3.67. The molecule has 1 aliphatic rings. The molecule has 1 saturated heterocycles. The highest BCUT2D eigenvalue weighted by molar-refractivity contribution is 7.18. The van der Waals surface area contributed by atoms with E-state index in [9.17, 15) is 0 Å². The van der Waals surface area contributed by atoms with Crippen molar-refractivity contribution in [2.45, 2.75) is 38.8 Å². The van der Waals surface area contributed by atoms with Crippen LogP contribution in [0.25, 0.3) is 10.2 Å². The molecular weight excluding hydrogens is 270 g/mol. The van der Waals surface area contributed by atoms with Crippen molar-refractivity contribution in [3.63, 3.8) is 0 Å². The van der Waals surface area contributed by atoms with E-state index in [-0.39, 0.29) is 0 Å². The molecule has 0 aliphatic carbocycles. The topological polar surface area (TPSA) is 67.1 Å². The molecule has 3 heterocycles. The van der Waals surface area contributed by atoms with E-state index in [1.54, 1.807) is 11.3 Å². The average Bonchev–Trinajstić information content (AvgIpc) is 2.74. The number of thiophene rings is 1. The van der Waals surface area contributed by atoms with E-state index in [1.165, 1.54) is 4.88 Å². The Kier molecular flexibility index (Phi) is 3.52. The second-order valence-electron chi connectivity index (χ2n) is 5.70. The Morgan fingerprint density at radius 2 is 2.25 bits per heavy atom. The Balaban J connectivity index is 1.87. The molecular formula is C14H21N5S. The minimum absolute atomic E-state index is 0.350. The fraction of sp³-hybridized carbons (Fsp3) is 0.571. The lowest BCUT2D eigenvalue weighted by atomic mass is 9.99. The first-order valence-electron chi connectivity index (χ1n) is 7.03. The maximum absolute atomic E-state index is 5.82. The molecule has 5 nitrogen and oxygen atoms in total. The Morgan fingerprint density at radius 3 is 3.00 bits per heavy atom. The Hall–Kier alpha value is -1.40. The van der Waals surface area contributed by atoms with Gasteiger partial charge in [0.25, 0.3) is 0 Å². The molecule has 1 aliphatic heterocycles. The highest BCUT2D eigenvalue weighted by Gasteiger charge is 2.23. The predicted octanol–water partition coefficient (Wildman–Crippen LogP) is 2.48. The van der Waals surface area contributed by atoms with Crippen molar-refractivity contribution < 1.29 is 0 Å². The number of anilines is 2.